The van der Waals surface area contributed by atoms with E-state index in [9.17, 15) is 4.39 Å². The maximum Gasteiger partial charge on any atom is 0.123 e. The Kier molecular flexibility index (Phi) is 4.51. The van der Waals surface area contributed by atoms with Crippen LogP contribution < -0.4 is 5.32 Å². The van der Waals surface area contributed by atoms with Crippen LogP contribution in [0.15, 0.2) is 24.3 Å². The topological polar surface area (TPSA) is 15.3 Å². The van der Waals surface area contributed by atoms with Gasteiger partial charge in [-0.3, -0.25) is 4.90 Å². The van der Waals surface area contributed by atoms with E-state index in [4.69, 9.17) is 0 Å². The van der Waals surface area contributed by atoms with E-state index >= 15 is 0 Å². The first kappa shape index (κ1) is 12.5. The van der Waals surface area contributed by atoms with Crippen molar-refractivity contribution >= 4 is 0 Å². The first-order valence-corrected chi connectivity index (χ1v) is 6.47. The summed E-state index contributed by atoms with van der Waals surface area (Å²) in [5, 5.41) is 3.41. The average Bonchev–Trinajstić information content (AvgIpc) is 2.28. The standard InChI is InChI=1S/C14H21FN2/c1-12(13-5-2-6-14(15)11-13)17-9-3-7-16-8-4-10-17/h2,5-6,11-12,16H,3-4,7-10H2,1H3. The Hall–Kier alpha value is -0.930. The van der Waals surface area contributed by atoms with Crippen LogP contribution in [0.2, 0.25) is 0 Å². The minimum atomic E-state index is -0.136. The lowest BCUT2D eigenvalue weighted by Gasteiger charge is -2.31. The molecule has 94 valence electrons. The predicted molar refractivity (Wildman–Crippen MR) is 68.5 cm³/mol. The Labute approximate surface area is 103 Å². The van der Waals surface area contributed by atoms with E-state index in [-0.39, 0.29) is 5.82 Å². The van der Waals surface area contributed by atoms with E-state index in [2.05, 4.69) is 17.1 Å². The third kappa shape index (κ3) is 3.51. The van der Waals surface area contributed by atoms with Crippen molar-refractivity contribution in [3.63, 3.8) is 0 Å². The maximum absolute atomic E-state index is 13.2. The largest absolute Gasteiger partial charge is 0.317 e. The van der Waals surface area contributed by atoms with Gasteiger partial charge in [0.15, 0.2) is 0 Å². The van der Waals surface area contributed by atoms with E-state index in [0.29, 0.717) is 6.04 Å². The van der Waals surface area contributed by atoms with Crippen LogP contribution in [0.4, 0.5) is 4.39 Å². The van der Waals surface area contributed by atoms with Crippen molar-refractivity contribution in [1.82, 2.24) is 10.2 Å². The zero-order valence-electron chi connectivity index (χ0n) is 10.5. The molecule has 1 atom stereocenters. The number of halogens is 1. The van der Waals surface area contributed by atoms with Crippen LogP contribution in [0, 0.1) is 5.82 Å². The van der Waals surface area contributed by atoms with Crippen molar-refractivity contribution in [2.24, 2.45) is 0 Å². The summed E-state index contributed by atoms with van der Waals surface area (Å²) in [6.07, 6.45) is 2.33. The van der Waals surface area contributed by atoms with Crippen LogP contribution in [-0.2, 0) is 0 Å². The minimum absolute atomic E-state index is 0.136. The molecule has 0 bridgehead atoms. The van der Waals surface area contributed by atoms with Crippen LogP contribution in [0.1, 0.15) is 31.4 Å². The fourth-order valence-electron chi connectivity index (χ4n) is 2.42. The minimum Gasteiger partial charge on any atom is -0.317 e. The fourth-order valence-corrected chi connectivity index (χ4v) is 2.42. The van der Waals surface area contributed by atoms with Gasteiger partial charge >= 0.3 is 0 Å². The Balaban J connectivity index is 2.04. The average molecular weight is 236 g/mol. The molecular weight excluding hydrogens is 215 g/mol. The van der Waals surface area contributed by atoms with E-state index in [1.54, 1.807) is 12.1 Å². The highest BCUT2D eigenvalue weighted by atomic mass is 19.1. The molecule has 0 saturated carbocycles. The van der Waals surface area contributed by atoms with Gasteiger partial charge in [0.05, 0.1) is 0 Å². The summed E-state index contributed by atoms with van der Waals surface area (Å²) in [5.41, 5.74) is 1.08. The number of hydrogen-bond donors (Lipinski definition) is 1. The van der Waals surface area contributed by atoms with Gasteiger partial charge in [-0.15, -0.1) is 0 Å². The number of hydrogen-bond acceptors (Lipinski definition) is 2. The highest BCUT2D eigenvalue weighted by molar-refractivity contribution is 5.19. The van der Waals surface area contributed by atoms with Crippen molar-refractivity contribution < 1.29 is 4.39 Å². The fraction of sp³-hybridized carbons (Fsp3) is 0.571. The molecule has 1 unspecified atom stereocenters. The first-order valence-electron chi connectivity index (χ1n) is 6.47. The Morgan fingerprint density at radius 3 is 2.59 bits per heavy atom. The smallest absolute Gasteiger partial charge is 0.123 e. The van der Waals surface area contributed by atoms with Crippen molar-refractivity contribution in [3.8, 4) is 0 Å². The van der Waals surface area contributed by atoms with Crippen molar-refractivity contribution in [3.05, 3.63) is 35.6 Å². The molecule has 0 amide bonds. The Bertz CT molecular complexity index is 346. The maximum atomic E-state index is 13.2. The monoisotopic (exact) mass is 236 g/mol. The molecule has 1 N–H and O–H groups in total. The van der Waals surface area contributed by atoms with Gasteiger partial charge in [0, 0.05) is 6.04 Å². The second-order valence-electron chi connectivity index (χ2n) is 4.72. The van der Waals surface area contributed by atoms with Gasteiger partial charge in [0.1, 0.15) is 5.82 Å². The second kappa shape index (κ2) is 6.12. The summed E-state index contributed by atoms with van der Waals surface area (Å²) >= 11 is 0. The van der Waals surface area contributed by atoms with Gasteiger partial charge in [-0.2, -0.15) is 0 Å². The quantitative estimate of drug-likeness (QED) is 0.849. The Morgan fingerprint density at radius 2 is 1.94 bits per heavy atom. The number of rotatable bonds is 2. The van der Waals surface area contributed by atoms with Crippen molar-refractivity contribution in [1.29, 1.82) is 0 Å². The molecule has 0 spiro atoms. The van der Waals surface area contributed by atoms with E-state index < -0.39 is 0 Å². The summed E-state index contributed by atoms with van der Waals surface area (Å²) in [5.74, 6) is -0.136. The summed E-state index contributed by atoms with van der Waals surface area (Å²) in [4.78, 5) is 2.45. The third-order valence-corrected chi connectivity index (χ3v) is 3.48. The van der Waals surface area contributed by atoms with Crippen LogP contribution in [-0.4, -0.2) is 31.1 Å². The highest BCUT2D eigenvalue weighted by Crippen LogP contribution is 2.21. The molecule has 1 fully saturated rings. The van der Waals surface area contributed by atoms with E-state index in [1.807, 2.05) is 6.07 Å². The van der Waals surface area contributed by atoms with Crippen LogP contribution in [0.5, 0.6) is 0 Å². The summed E-state index contributed by atoms with van der Waals surface area (Å²) in [6, 6.07) is 7.29. The second-order valence-corrected chi connectivity index (χ2v) is 4.72. The molecule has 0 radical (unpaired) electrons. The van der Waals surface area contributed by atoms with Gasteiger partial charge < -0.3 is 5.32 Å². The molecule has 1 saturated heterocycles. The molecule has 3 heteroatoms. The normalized spacial score (nSPS) is 20.6. The van der Waals surface area contributed by atoms with Gasteiger partial charge in [-0.25, -0.2) is 4.39 Å². The lowest BCUT2D eigenvalue weighted by atomic mass is 10.1. The number of nitrogens with zero attached hydrogens (tertiary/aromatic N) is 1. The molecular formula is C14H21FN2. The summed E-state index contributed by atoms with van der Waals surface area (Å²) in [6.45, 7) is 6.53. The van der Waals surface area contributed by atoms with Gasteiger partial charge in [-0.1, -0.05) is 12.1 Å². The zero-order valence-corrected chi connectivity index (χ0v) is 10.5. The zero-order chi connectivity index (χ0) is 12.1. The molecule has 0 aromatic heterocycles. The van der Waals surface area contributed by atoms with Gasteiger partial charge in [0.2, 0.25) is 0 Å². The molecule has 2 nitrogen and oxygen atoms in total. The van der Waals surface area contributed by atoms with Crippen LogP contribution in [0.25, 0.3) is 0 Å². The van der Waals surface area contributed by atoms with E-state index in [1.165, 1.54) is 18.9 Å². The highest BCUT2D eigenvalue weighted by Gasteiger charge is 2.16. The molecule has 1 aliphatic rings. The lowest BCUT2D eigenvalue weighted by molar-refractivity contribution is 0.195. The number of nitrogens with one attached hydrogen (secondary N) is 1. The lowest BCUT2D eigenvalue weighted by Crippen LogP contribution is -2.35. The summed E-state index contributed by atoms with van der Waals surface area (Å²) < 4.78 is 13.2. The predicted octanol–water partition coefficient (Wildman–Crippen LogP) is 2.57. The number of benzene rings is 1. The van der Waals surface area contributed by atoms with Crippen molar-refractivity contribution in [2.75, 3.05) is 26.2 Å². The van der Waals surface area contributed by atoms with Gasteiger partial charge in [0.25, 0.3) is 0 Å². The van der Waals surface area contributed by atoms with Gasteiger partial charge in [-0.05, 0) is 63.6 Å². The molecule has 17 heavy (non-hydrogen) atoms. The molecule has 1 aromatic carbocycles. The Morgan fingerprint density at radius 1 is 1.24 bits per heavy atom. The van der Waals surface area contributed by atoms with Crippen LogP contribution >= 0.6 is 0 Å². The third-order valence-electron chi connectivity index (χ3n) is 3.48. The van der Waals surface area contributed by atoms with Crippen LogP contribution in [0.3, 0.4) is 0 Å². The van der Waals surface area contributed by atoms with Crippen molar-refractivity contribution in [2.45, 2.75) is 25.8 Å². The molecule has 2 rings (SSSR count). The first-order chi connectivity index (χ1) is 8.27. The molecule has 0 aliphatic carbocycles. The molecule has 1 aromatic rings. The SMILES string of the molecule is CC(c1cccc(F)c1)N1CCCNCCC1. The molecule has 1 aliphatic heterocycles. The summed E-state index contributed by atoms with van der Waals surface area (Å²) in [7, 11) is 0. The molecule has 1 heterocycles. The van der Waals surface area contributed by atoms with E-state index in [0.717, 1.165) is 31.7 Å².